The number of fused-ring (bicyclic) bond motifs is 1. The highest BCUT2D eigenvalue weighted by atomic mass is 32.2. The fourth-order valence-corrected chi connectivity index (χ4v) is 5.68. The molecule has 150 valence electrons. The average molecular weight is 431 g/mol. The van der Waals surface area contributed by atoms with Gasteiger partial charge in [0.1, 0.15) is 17.6 Å². The van der Waals surface area contributed by atoms with Crippen LogP contribution >= 0.6 is 23.1 Å². The maximum atomic E-state index is 14.2. The number of nitrogens with one attached hydrogen (secondary N) is 1. The summed E-state index contributed by atoms with van der Waals surface area (Å²) in [4.78, 5) is 28.1. The molecule has 1 N–H and O–H groups in total. The third kappa shape index (κ3) is 3.70. The second kappa shape index (κ2) is 8.04. The van der Waals surface area contributed by atoms with E-state index in [-0.39, 0.29) is 17.6 Å². The first kappa shape index (κ1) is 19.7. The minimum Gasteiger partial charge on any atom is -0.497 e. The van der Waals surface area contributed by atoms with Crippen LogP contribution in [0.5, 0.6) is 5.75 Å². The number of benzene rings is 2. The van der Waals surface area contributed by atoms with E-state index in [9.17, 15) is 14.0 Å². The van der Waals surface area contributed by atoms with Gasteiger partial charge in [0.2, 0.25) is 5.91 Å². The predicted molar refractivity (Wildman–Crippen MR) is 115 cm³/mol. The highest BCUT2D eigenvalue weighted by Crippen LogP contribution is 2.35. The summed E-state index contributed by atoms with van der Waals surface area (Å²) in [5.41, 5.74) is 1.26. The van der Waals surface area contributed by atoms with Gasteiger partial charge in [-0.3, -0.25) is 9.59 Å². The Morgan fingerprint density at radius 3 is 2.66 bits per heavy atom. The van der Waals surface area contributed by atoms with E-state index >= 15 is 0 Å². The molecule has 0 radical (unpaired) electrons. The molecule has 1 saturated heterocycles. The lowest BCUT2D eigenvalue weighted by molar-refractivity contribution is -0.119. The Balaban J connectivity index is 1.56. The number of halogens is 1. The normalized spacial score (nSPS) is 16.2. The smallest absolute Gasteiger partial charge is 0.265 e. The van der Waals surface area contributed by atoms with E-state index in [0.29, 0.717) is 38.9 Å². The molecule has 1 atom stereocenters. The van der Waals surface area contributed by atoms with Crippen LogP contribution in [0.25, 0.3) is 10.1 Å². The fourth-order valence-electron chi connectivity index (χ4n) is 3.35. The standard InChI is InChI=1S/C21H19FN2O3S2/c1-12-18-15(22)4-3-5-17(18)29-19(12)21(26)24-11-28-10-16(24)20(25)23-13-6-8-14(27-2)9-7-13/h3-9,16H,10-11H2,1-2H3,(H,23,25). The van der Waals surface area contributed by atoms with E-state index in [1.807, 2.05) is 0 Å². The quantitative estimate of drug-likeness (QED) is 0.662. The van der Waals surface area contributed by atoms with E-state index in [4.69, 9.17) is 4.74 Å². The number of aryl methyl sites for hydroxylation is 1. The molecule has 8 heteroatoms. The lowest BCUT2D eigenvalue weighted by atomic mass is 10.1. The van der Waals surface area contributed by atoms with Crippen LogP contribution in [0, 0.1) is 12.7 Å². The topological polar surface area (TPSA) is 58.6 Å². The molecule has 4 rings (SSSR count). The summed E-state index contributed by atoms with van der Waals surface area (Å²) >= 11 is 2.80. The molecule has 0 bridgehead atoms. The Bertz CT molecular complexity index is 1080. The number of thiophene rings is 1. The number of carbonyl (C=O) groups is 2. The molecule has 0 spiro atoms. The Hall–Kier alpha value is -2.58. The largest absolute Gasteiger partial charge is 0.497 e. The molecule has 1 aliphatic rings. The van der Waals surface area contributed by atoms with Crippen LogP contribution < -0.4 is 10.1 Å². The van der Waals surface area contributed by atoms with Crippen molar-refractivity contribution in [1.29, 1.82) is 0 Å². The van der Waals surface area contributed by atoms with Crippen LogP contribution in [-0.2, 0) is 4.79 Å². The minimum atomic E-state index is -0.580. The first-order valence-corrected chi connectivity index (χ1v) is 11.0. The number of carbonyl (C=O) groups excluding carboxylic acids is 2. The lowest BCUT2D eigenvalue weighted by Gasteiger charge is -2.23. The summed E-state index contributed by atoms with van der Waals surface area (Å²) in [7, 11) is 1.58. The molecule has 5 nitrogen and oxygen atoms in total. The van der Waals surface area contributed by atoms with E-state index in [1.54, 1.807) is 55.3 Å². The number of nitrogens with zero attached hydrogens (tertiary/aromatic N) is 1. The van der Waals surface area contributed by atoms with Crippen molar-refractivity contribution >= 4 is 50.7 Å². The van der Waals surface area contributed by atoms with Crippen LogP contribution in [0.4, 0.5) is 10.1 Å². The van der Waals surface area contributed by atoms with Crippen molar-refractivity contribution in [3.8, 4) is 5.75 Å². The number of ether oxygens (including phenoxy) is 1. The Morgan fingerprint density at radius 2 is 1.97 bits per heavy atom. The molecule has 0 aliphatic carbocycles. The van der Waals surface area contributed by atoms with Gasteiger partial charge in [-0.1, -0.05) is 6.07 Å². The molecule has 0 saturated carbocycles. The van der Waals surface area contributed by atoms with Gasteiger partial charge in [0.25, 0.3) is 5.91 Å². The van der Waals surface area contributed by atoms with Crippen LogP contribution in [-0.4, -0.2) is 41.5 Å². The second-order valence-corrected chi connectivity index (χ2v) is 8.73. The number of methoxy groups -OCH3 is 1. The van der Waals surface area contributed by atoms with Crippen LogP contribution in [0.1, 0.15) is 15.2 Å². The summed E-state index contributed by atoms with van der Waals surface area (Å²) in [5, 5.41) is 3.34. The zero-order chi connectivity index (χ0) is 20.5. The number of anilines is 1. The van der Waals surface area contributed by atoms with Crippen molar-refractivity contribution in [2.45, 2.75) is 13.0 Å². The zero-order valence-electron chi connectivity index (χ0n) is 15.9. The van der Waals surface area contributed by atoms with Gasteiger partial charge in [-0.05, 0) is 48.9 Å². The van der Waals surface area contributed by atoms with Crippen molar-refractivity contribution in [2.24, 2.45) is 0 Å². The van der Waals surface area contributed by atoms with Gasteiger partial charge >= 0.3 is 0 Å². The maximum Gasteiger partial charge on any atom is 0.265 e. The molecular weight excluding hydrogens is 411 g/mol. The van der Waals surface area contributed by atoms with Gasteiger partial charge in [-0.15, -0.1) is 23.1 Å². The summed E-state index contributed by atoms with van der Waals surface area (Å²) in [5.74, 6) is 0.840. The fraction of sp³-hybridized carbons (Fsp3) is 0.238. The molecule has 2 amide bonds. The SMILES string of the molecule is COc1ccc(NC(=O)C2CSCN2C(=O)c2sc3cccc(F)c3c2C)cc1. The number of hydrogen-bond acceptors (Lipinski definition) is 5. The highest BCUT2D eigenvalue weighted by molar-refractivity contribution is 7.99. The number of amides is 2. The van der Waals surface area contributed by atoms with E-state index in [0.717, 1.165) is 4.70 Å². The van der Waals surface area contributed by atoms with E-state index < -0.39 is 6.04 Å². The second-order valence-electron chi connectivity index (χ2n) is 6.68. The molecule has 2 heterocycles. The summed E-state index contributed by atoms with van der Waals surface area (Å²) < 4.78 is 20.1. The number of hydrogen-bond donors (Lipinski definition) is 1. The van der Waals surface area contributed by atoms with Crippen molar-refractivity contribution in [1.82, 2.24) is 4.90 Å². The monoisotopic (exact) mass is 430 g/mol. The summed E-state index contributed by atoms with van der Waals surface area (Å²) in [6, 6.07) is 11.3. The van der Waals surface area contributed by atoms with Crippen molar-refractivity contribution in [3.05, 3.63) is 58.7 Å². The van der Waals surface area contributed by atoms with Gasteiger partial charge in [0.05, 0.1) is 17.9 Å². The molecule has 29 heavy (non-hydrogen) atoms. The third-order valence-electron chi connectivity index (χ3n) is 4.90. The Morgan fingerprint density at radius 1 is 1.21 bits per heavy atom. The van der Waals surface area contributed by atoms with Gasteiger partial charge in [-0.2, -0.15) is 0 Å². The van der Waals surface area contributed by atoms with Crippen molar-refractivity contribution in [2.75, 3.05) is 24.1 Å². The molecule has 1 aromatic heterocycles. The molecule has 3 aromatic rings. The van der Waals surface area contributed by atoms with E-state index in [1.165, 1.54) is 29.2 Å². The van der Waals surface area contributed by atoms with Crippen molar-refractivity contribution in [3.63, 3.8) is 0 Å². The zero-order valence-corrected chi connectivity index (χ0v) is 17.5. The van der Waals surface area contributed by atoms with Crippen LogP contribution in [0.3, 0.4) is 0 Å². The average Bonchev–Trinajstić information content (AvgIpc) is 3.34. The van der Waals surface area contributed by atoms with Gasteiger partial charge in [-0.25, -0.2) is 4.39 Å². The molecule has 2 aromatic carbocycles. The molecular formula is C21H19FN2O3S2. The Kier molecular flexibility index (Phi) is 5.47. The summed E-state index contributed by atoms with van der Waals surface area (Å²) in [6.07, 6.45) is 0. The Labute approximate surface area is 175 Å². The van der Waals surface area contributed by atoms with Crippen LogP contribution in [0.15, 0.2) is 42.5 Å². The van der Waals surface area contributed by atoms with Gasteiger partial charge < -0.3 is 15.0 Å². The lowest BCUT2D eigenvalue weighted by Crippen LogP contribution is -2.44. The first-order chi connectivity index (χ1) is 14.0. The van der Waals surface area contributed by atoms with Gasteiger partial charge in [0.15, 0.2) is 0 Å². The van der Waals surface area contributed by atoms with E-state index in [2.05, 4.69) is 5.32 Å². The van der Waals surface area contributed by atoms with Crippen molar-refractivity contribution < 1.29 is 18.7 Å². The van der Waals surface area contributed by atoms with Crippen LogP contribution in [0.2, 0.25) is 0 Å². The number of thioether (sulfide) groups is 1. The highest BCUT2D eigenvalue weighted by Gasteiger charge is 2.36. The molecule has 1 fully saturated rings. The van der Waals surface area contributed by atoms with Gasteiger partial charge in [0, 0.05) is 21.5 Å². The predicted octanol–water partition coefficient (Wildman–Crippen LogP) is 4.51. The third-order valence-corrected chi connectivity index (χ3v) is 7.16. The molecule has 1 aliphatic heterocycles. The number of rotatable bonds is 4. The molecule has 1 unspecified atom stereocenters. The maximum absolute atomic E-state index is 14.2. The minimum absolute atomic E-state index is 0.233. The summed E-state index contributed by atoms with van der Waals surface area (Å²) in [6.45, 7) is 1.75. The first-order valence-electron chi connectivity index (χ1n) is 9.01.